The summed E-state index contributed by atoms with van der Waals surface area (Å²) >= 11 is 7.25. The first-order chi connectivity index (χ1) is 14.2. The second-order valence-corrected chi connectivity index (χ2v) is 10.6. The minimum atomic E-state index is -3.75. The fourth-order valence-corrected chi connectivity index (χ4v) is 6.18. The van der Waals surface area contributed by atoms with Crippen molar-refractivity contribution in [3.63, 3.8) is 0 Å². The lowest BCUT2D eigenvalue weighted by atomic mass is 10.1. The van der Waals surface area contributed by atoms with Crippen molar-refractivity contribution in [2.45, 2.75) is 44.0 Å². The Bertz CT molecular complexity index is 1040. The number of thiophene rings is 1. The highest BCUT2D eigenvalue weighted by Crippen LogP contribution is 2.30. The molecule has 2 N–H and O–H groups in total. The van der Waals surface area contributed by atoms with E-state index in [1.165, 1.54) is 22.5 Å². The number of hydrogen-bond donors (Lipinski definition) is 2. The summed E-state index contributed by atoms with van der Waals surface area (Å²) in [5.41, 5.74) is 0.587. The van der Waals surface area contributed by atoms with E-state index < -0.39 is 15.9 Å². The summed E-state index contributed by atoms with van der Waals surface area (Å²) in [7, 11) is -3.75. The minimum absolute atomic E-state index is 0.00303. The number of piperidine rings is 1. The molecule has 10 heteroatoms. The quantitative estimate of drug-likeness (QED) is 0.669. The number of hydrogen-bond acceptors (Lipinski definition) is 5. The predicted octanol–water partition coefficient (Wildman–Crippen LogP) is 3.97. The summed E-state index contributed by atoms with van der Waals surface area (Å²) < 4.78 is 27.5. The molecule has 2 heterocycles. The van der Waals surface area contributed by atoms with Crippen molar-refractivity contribution in [2.24, 2.45) is 0 Å². The summed E-state index contributed by atoms with van der Waals surface area (Å²) in [6.45, 7) is 4.60. The number of nitrogens with one attached hydrogen (secondary N) is 2. The number of rotatable bonds is 6. The molecule has 1 aliphatic heterocycles. The van der Waals surface area contributed by atoms with Crippen LogP contribution in [0, 0.1) is 0 Å². The third-order valence-electron chi connectivity index (χ3n) is 4.66. The van der Waals surface area contributed by atoms with E-state index in [2.05, 4.69) is 10.6 Å². The Kier molecular flexibility index (Phi) is 7.18. The van der Waals surface area contributed by atoms with Gasteiger partial charge in [-0.1, -0.05) is 18.0 Å². The summed E-state index contributed by atoms with van der Waals surface area (Å²) in [6.07, 6.45) is 2.62. The van der Waals surface area contributed by atoms with Gasteiger partial charge in [-0.25, -0.2) is 8.42 Å². The van der Waals surface area contributed by atoms with E-state index in [-0.39, 0.29) is 32.4 Å². The lowest BCUT2D eigenvalue weighted by molar-refractivity contribution is 0.0942. The first kappa shape index (κ1) is 22.7. The van der Waals surface area contributed by atoms with Crippen molar-refractivity contribution in [1.82, 2.24) is 9.62 Å². The van der Waals surface area contributed by atoms with Crippen LogP contribution in [0.15, 0.2) is 34.5 Å². The van der Waals surface area contributed by atoms with Crippen LogP contribution >= 0.6 is 22.9 Å². The molecule has 0 unspecified atom stereocenters. The molecule has 1 aromatic carbocycles. The Hall–Kier alpha value is -1.94. The van der Waals surface area contributed by atoms with Gasteiger partial charge in [-0.05, 0) is 56.3 Å². The molecule has 0 atom stereocenters. The van der Waals surface area contributed by atoms with Gasteiger partial charge in [0.1, 0.15) is 9.77 Å². The standard InChI is InChI=1S/C20H24ClN3O4S2/c1-13(2)22-19(25)14-6-7-15(21)16(12-14)23-20(26)18-17(8-11-29-18)30(27,28)24-9-4-3-5-10-24/h6-8,11-13H,3-5,9-10H2,1-2H3,(H,22,25)(H,23,26). The van der Waals surface area contributed by atoms with Crippen molar-refractivity contribution < 1.29 is 18.0 Å². The van der Waals surface area contributed by atoms with Crippen molar-refractivity contribution in [2.75, 3.05) is 18.4 Å². The van der Waals surface area contributed by atoms with Crippen LogP contribution in [-0.2, 0) is 10.0 Å². The molecule has 2 aromatic rings. The normalized spacial score (nSPS) is 15.2. The minimum Gasteiger partial charge on any atom is -0.350 e. The first-order valence-corrected chi connectivity index (χ1v) is 12.4. The van der Waals surface area contributed by atoms with Gasteiger partial charge in [-0.3, -0.25) is 9.59 Å². The molecule has 0 saturated carbocycles. The number of carbonyl (C=O) groups excluding carboxylic acids is 2. The first-order valence-electron chi connectivity index (χ1n) is 9.69. The van der Waals surface area contributed by atoms with Crippen LogP contribution in [0.2, 0.25) is 5.02 Å². The Balaban J connectivity index is 1.84. The predicted molar refractivity (Wildman–Crippen MR) is 119 cm³/mol. The number of amides is 2. The highest BCUT2D eigenvalue weighted by molar-refractivity contribution is 7.89. The number of halogens is 1. The van der Waals surface area contributed by atoms with Crippen molar-refractivity contribution in [1.29, 1.82) is 0 Å². The molecule has 2 amide bonds. The third kappa shape index (κ3) is 5.03. The van der Waals surface area contributed by atoms with E-state index >= 15 is 0 Å². The van der Waals surface area contributed by atoms with Crippen LogP contribution in [0.4, 0.5) is 5.69 Å². The van der Waals surface area contributed by atoms with Gasteiger partial charge in [-0.2, -0.15) is 4.31 Å². The number of carbonyl (C=O) groups is 2. The molecule has 162 valence electrons. The maximum Gasteiger partial charge on any atom is 0.267 e. The highest BCUT2D eigenvalue weighted by atomic mass is 35.5. The van der Waals surface area contributed by atoms with Crippen molar-refractivity contribution in [3.05, 3.63) is 45.1 Å². The molecule has 30 heavy (non-hydrogen) atoms. The van der Waals surface area contributed by atoms with Crippen molar-refractivity contribution >= 4 is 50.5 Å². The lowest BCUT2D eigenvalue weighted by Crippen LogP contribution is -2.36. The zero-order chi connectivity index (χ0) is 21.9. The molecule has 1 fully saturated rings. The van der Waals surface area contributed by atoms with Gasteiger partial charge >= 0.3 is 0 Å². The van der Waals surface area contributed by atoms with E-state index in [0.717, 1.165) is 30.6 Å². The zero-order valence-electron chi connectivity index (χ0n) is 16.8. The molecular formula is C20H24ClN3O4S2. The van der Waals surface area contributed by atoms with Gasteiger partial charge in [0, 0.05) is 24.7 Å². The Labute approximate surface area is 185 Å². The summed E-state index contributed by atoms with van der Waals surface area (Å²) in [4.78, 5) is 25.2. The summed E-state index contributed by atoms with van der Waals surface area (Å²) in [5.74, 6) is -0.870. The van der Waals surface area contributed by atoms with Crippen LogP contribution in [0.3, 0.4) is 0 Å². The fraction of sp³-hybridized carbons (Fsp3) is 0.400. The Morgan fingerprint density at radius 2 is 1.80 bits per heavy atom. The average molecular weight is 470 g/mol. The Morgan fingerprint density at radius 1 is 1.10 bits per heavy atom. The van der Waals surface area contributed by atoms with Crippen LogP contribution in [0.5, 0.6) is 0 Å². The van der Waals surface area contributed by atoms with E-state index in [0.29, 0.717) is 18.7 Å². The molecular weight excluding hydrogens is 446 g/mol. The zero-order valence-corrected chi connectivity index (χ0v) is 19.2. The maximum absolute atomic E-state index is 13.0. The smallest absolute Gasteiger partial charge is 0.267 e. The van der Waals surface area contributed by atoms with Crippen LogP contribution in [0.25, 0.3) is 0 Å². The third-order valence-corrected chi connectivity index (χ3v) is 7.98. The Morgan fingerprint density at radius 3 is 2.47 bits per heavy atom. The number of sulfonamides is 1. The molecule has 3 rings (SSSR count). The SMILES string of the molecule is CC(C)NC(=O)c1ccc(Cl)c(NC(=O)c2sccc2S(=O)(=O)N2CCCCC2)c1. The maximum atomic E-state index is 13.0. The number of nitrogens with zero attached hydrogens (tertiary/aromatic N) is 1. The molecule has 1 saturated heterocycles. The van der Waals surface area contributed by atoms with Gasteiger partial charge in [0.15, 0.2) is 0 Å². The van der Waals surface area contributed by atoms with Gasteiger partial charge in [0.2, 0.25) is 10.0 Å². The van der Waals surface area contributed by atoms with Gasteiger partial charge in [0.05, 0.1) is 10.7 Å². The number of benzene rings is 1. The fourth-order valence-electron chi connectivity index (χ4n) is 3.20. The molecule has 1 aromatic heterocycles. The van der Waals surface area contributed by atoms with Gasteiger partial charge in [-0.15, -0.1) is 11.3 Å². The van der Waals surface area contributed by atoms with E-state index in [9.17, 15) is 18.0 Å². The number of anilines is 1. The van der Waals surface area contributed by atoms with Gasteiger partial charge < -0.3 is 10.6 Å². The molecule has 0 radical (unpaired) electrons. The van der Waals surface area contributed by atoms with E-state index in [4.69, 9.17) is 11.6 Å². The van der Waals surface area contributed by atoms with Crippen molar-refractivity contribution in [3.8, 4) is 0 Å². The van der Waals surface area contributed by atoms with Gasteiger partial charge in [0.25, 0.3) is 11.8 Å². The largest absolute Gasteiger partial charge is 0.350 e. The van der Waals surface area contributed by atoms with Crippen LogP contribution < -0.4 is 10.6 Å². The average Bonchev–Trinajstić information content (AvgIpc) is 3.20. The lowest BCUT2D eigenvalue weighted by Gasteiger charge is -2.25. The second-order valence-electron chi connectivity index (χ2n) is 7.36. The molecule has 0 spiro atoms. The monoisotopic (exact) mass is 469 g/mol. The van der Waals surface area contributed by atoms with E-state index in [1.807, 2.05) is 13.8 Å². The highest BCUT2D eigenvalue weighted by Gasteiger charge is 2.31. The molecule has 0 aliphatic carbocycles. The molecule has 0 bridgehead atoms. The molecule has 1 aliphatic rings. The topological polar surface area (TPSA) is 95.6 Å². The van der Waals surface area contributed by atoms with Crippen LogP contribution in [-0.4, -0.2) is 43.7 Å². The second kappa shape index (κ2) is 9.47. The van der Waals surface area contributed by atoms with E-state index in [1.54, 1.807) is 11.4 Å². The van der Waals surface area contributed by atoms with Crippen LogP contribution in [0.1, 0.15) is 53.1 Å². The molecule has 7 nitrogen and oxygen atoms in total. The summed E-state index contributed by atoms with van der Waals surface area (Å²) in [5, 5.41) is 7.26. The summed E-state index contributed by atoms with van der Waals surface area (Å²) in [6, 6.07) is 5.97.